The van der Waals surface area contributed by atoms with Crippen LogP contribution in [0.1, 0.15) is 11.1 Å². The summed E-state index contributed by atoms with van der Waals surface area (Å²) in [7, 11) is 3.27. The van der Waals surface area contributed by atoms with Crippen molar-refractivity contribution >= 4 is 0 Å². The standard InChI is InChI=1S/2C10H9O.Gd/c2*1-3-4-9-5-7-10(11-2)8-6-9;/h2*5-8H,4H2,2H3;/q2*-1;+2. The van der Waals surface area contributed by atoms with E-state index in [0.29, 0.717) is 12.8 Å². The maximum atomic E-state index is 6.76. The quantitative estimate of drug-likeness (QED) is 0.526. The summed E-state index contributed by atoms with van der Waals surface area (Å²) in [5, 5.41) is 0. The van der Waals surface area contributed by atoms with Crippen molar-refractivity contribution in [3.8, 4) is 23.3 Å². The third-order valence-corrected chi connectivity index (χ3v) is 2.90. The smallest absolute Gasteiger partial charge is 0.693 e. The first kappa shape index (κ1) is 21.5. The van der Waals surface area contributed by atoms with Crippen LogP contribution >= 0.6 is 0 Å². The Bertz CT molecular complexity index is 572. The number of hydrogen-bond donors (Lipinski definition) is 0. The van der Waals surface area contributed by atoms with Crippen molar-refractivity contribution in [2.45, 2.75) is 12.8 Å². The van der Waals surface area contributed by atoms with E-state index in [1.54, 1.807) is 14.2 Å². The molecule has 3 heteroatoms. The van der Waals surface area contributed by atoms with Crippen LogP contribution in [0.3, 0.4) is 0 Å². The van der Waals surface area contributed by atoms with Crippen LogP contribution in [0.25, 0.3) is 0 Å². The molecule has 0 radical (unpaired) electrons. The normalized spacial score (nSPS) is 8.35. The second-order valence-corrected chi connectivity index (χ2v) is 4.40. The first-order valence-electron chi connectivity index (χ1n) is 6.78. The van der Waals surface area contributed by atoms with Gasteiger partial charge in [0.15, 0.2) is 0 Å². The predicted octanol–water partition coefficient (Wildman–Crippen LogP) is 3.65. The van der Waals surface area contributed by atoms with Gasteiger partial charge in [0.25, 0.3) is 0 Å². The van der Waals surface area contributed by atoms with Crippen LogP contribution in [0.2, 0.25) is 0 Å². The van der Waals surface area contributed by atoms with Gasteiger partial charge in [0.05, 0.1) is 14.2 Å². The molecule has 23 heavy (non-hydrogen) atoms. The molecule has 118 valence electrons. The maximum Gasteiger partial charge on any atom is 2.00 e. The molecule has 0 unspecified atom stereocenters. The first-order chi connectivity index (χ1) is 10.7. The molecule has 0 spiro atoms. The van der Waals surface area contributed by atoms with Crippen molar-refractivity contribution in [2.75, 3.05) is 14.2 Å². The molecule has 0 aliphatic carbocycles. The molecular formula is C20H18GdO2. The van der Waals surface area contributed by atoms with E-state index < -0.39 is 0 Å². The monoisotopic (exact) mass is 448 g/mol. The fourth-order valence-electron chi connectivity index (χ4n) is 1.69. The molecule has 0 aromatic heterocycles. The van der Waals surface area contributed by atoms with Crippen LogP contribution in [0, 0.1) is 64.6 Å². The predicted molar refractivity (Wildman–Crippen MR) is 87.7 cm³/mol. The fraction of sp³-hybridized carbons (Fsp3) is 0.200. The molecule has 0 aliphatic rings. The number of methoxy groups -OCH3 is 2. The average molecular weight is 448 g/mol. The van der Waals surface area contributed by atoms with Crippen molar-refractivity contribution in [3.63, 3.8) is 0 Å². The first-order valence-corrected chi connectivity index (χ1v) is 6.78. The number of benzene rings is 2. The van der Waals surface area contributed by atoms with Crippen LogP contribution in [0.15, 0.2) is 48.5 Å². The minimum Gasteiger partial charge on any atom is -0.693 e. The summed E-state index contributed by atoms with van der Waals surface area (Å²) < 4.78 is 9.96. The zero-order valence-electron chi connectivity index (χ0n) is 13.2. The van der Waals surface area contributed by atoms with Crippen molar-refractivity contribution in [1.82, 2.24) is 0 Å². The van der Waals surface area contributed by atoms with Gasteiger partial charge >= 0.3 is 39.9 Å². The molecule has 2 aromatic rings. The Morgan fingerprint density at radius 2 is 1.00 bits per heavy atom. The fourth-order valence-corrected chi connectivity index (χ4v) is 1.69. The van der Waals surface area contributed by atoms with E-state index >= 15 is 0 Å². The van der Waals surface area contributed by atoms with Crippen LogP contribution < -0.4 is 9.47 Å². The maximum absolute atomic E-state index is 6.76. The summed E-state index contributed by atoms with van der Waals surface area (Å²) in [5.74, 6) is 6.35. The van der Waals surface area contributed by atoms with E-state index in [9.17, 15) is 0 Å². The Kier molecular flexibility index (Phi) is 12.1. The molecule has 2 aromatic carbocycles. The van der Waals surface area contributed by atoms with E-state index in [1.165, 1.54) is 0 Å². The van der Waals surface area contributed by atoms with Gasteiger partial charge < -0.3 is 34.2 Å². The molecule has 0 amide bonds. The van der Waals surface area contributed by atoms with Crippen LogP contribution in [-0.4, -0.2) is 14.2 Å². The Morgan fingerprint density at radius 3 is 1.22 bits per heavy atom. The van der Waals surface area contributed by atoms with Gasteiger partial charge in [-0.3, -0.25) is 0 Å². The van der Waals surface area contributed by atoms with E-state index in [0.717, 1.165) is 22.6 Å². The van der Waals surface area contributed by atoms with Gasteiger partial charge in [-0.1, -0.05) is 24.3 Å². The molecular weight excluding hydrogens is 429 g/mol. The third-order valence-electron chi connectivity index (χ3n) is 2.90. The number of hydrogen-bond acceptors (Lipinski definition) is 2. The van der Waals surface area contributed by atoms with Crippen molar-refractivity contribution in [1.29, 1.82) is 0 Å². The largest absolute Gasteiger partial charge is 2.00 e. The van der Waals surface area contributed by atoms with Gasteiger partial charge in [0.2, 0.25) is 0 Å². The second-order valence-electron chi connectivity index (χ2n) is 4.40. The van der Waals surface area contributed by atoms with Gasteiger partial charge in [-0.15, -0.1) is 0 Å². The van der Waals surface area contributed by atoms with E-state index in [1.807, 2.05) is 48.5 Å². The molecule has 2 rings (SSSR count). The third kappa shape index (κ3) is 8.63. The molecule has 0 saturated carbocycles. The molecule has 0 N–H and O–H groups in total. The Hall–Kier alpha value is -1.52. The summed E-state index contributed by atoms with van der Waals surface area (Å²) in [6.07, 6.45) is 14.7. The Morgan fingerprint density at radius 1 is 0.696 bits per heavy atom. The van der Waals surface area contributed by atoms with Gasteiger partial charge in [-0.05, 0) is 48.2 Å². The van der Waals surface area contributed by atoms with E-state index in [-0.39, 0.29) is 39.9 Å². The topological polar surface area (TPSA) is 18.5 Å². The average Bonchev–Trinajstić information content (AvgIpc) is 2.57. The number of ether oxygens (including phenoxy) is 2. The molecule has 0 atom stereocenters. The van der Waals surface area contributed by atoms with Gasteiger partial charge in [0, 0.05) is 0 Å². The molecule has 2 nitrogen and oxygen atoms in total. The second kappa shape index (κ2) is 13.0. The zero-order valence-corrected chi connectivity index (χ0v) is 15.5. The van der Waals surface area contributed by atoms with Gasteiger partial charge in [0.1, 0.15) is 11.5 Å². The molecule has 0 heterocycles. The Balaban J connectivity index is 0.000000403. The van der Waals surface area contributed by atoms with Gasteiger partial charge in [-0.2, -0.15) is 0 Å². The van der Waals surface area contributed by atoms with Crippen molar-refractivity contribution < 1.29 is 49.4 Å². The summed E-state index contributed by atoms with van der Waals surface area (Å²) in [6.45, 7) is 0. The minimum atomic E-state index is 0. The molecule has 0 fully saturated rings. The molecule has 0 bridgehead atoms. The van der Waals surface area contributed by atoms with Crippen LogP contribution in [-0.2, 0) is 12.8 Å². The minimum absolute atomic E-state index is 0. The van der Waals surface area contributed by atoms with Gasteiger partial charge in [-0.25, -0.2) is 0 Å². The van der Waals surface area contributed by atoms with E-state index in [4.69, 9.17) is 22.3 Å². The SMILES string of the molecule is [C-]#CCc1ccc(OC)cc1.[C-]#CCc1ccc(OC)cc1.[Gd+2]. The summed E-state index contributed by atoms with van der Waals surface area (Å²) in [6, 6.07) is 15.3. The number of rotatable bonds is 4. The van der Waals surface area contributed by atoms with Crippen LogP contribution in [0.5, 0.6) is 11.5 Å². The molecule has 0 aliphatic heterocycles. The summed E-state index contributed by atoms with van der Waals surface area (Å²) in [5.41, 5.74) is 2.17. The summed E-state index contributed by atoms with van der Waals surface area (Å²) in [4.78, 5) is 0. The van der Waals surface area contributed by atoms with Crippen molar-refractivity contribution in [2.24, 2.45) is 0 Å². The summed E-state index contributed by atoms with van der Waals surface area (Å²) >= 11 is 0. The Labute approximate surface area is 171 Å². The van der Waals surface area contributed by atoms with E-state index in [2.05, 4.69) is 11.8 Å². The molecule has 0 saturated heterocycles. The van der Waals surface area contributed by atoms with Crippen LogP contribution in [0.4, 0.5) is 0 Å². The zero-order chi connectivity index (χ0) is 16.2. The van der Waals surface area contributed by atoms with Crippen molar-refractivity contribution in [3.05, 3.63) is 72.5 Å².